The molecule has 0 amide bonds. The molecule has 4 nitrogen and oxygen atoms in total. The van der Waals surface area contributed by atoms with Gasteiger partial charge in [0, 0.05) is 0 Å². The molecule has 0 aromatic heterocycles. The lowest BCUT2D eigenvalue weighted by molar-refractivity contribution is -0.385. The fourth-order valence-corrected chi connectivity index (χ4v) is 12.2. The van der Waals surface area contributed by atoms with Crippen LogP contribution in [0, 0.1) is 0 Å². The molecule has 3 radical (unpaired) electrons. The van der Waals surface area contributed by atoms with Crippen LogP contribution in [0.3, 0.4) is 0 Å². The van der Waals surface area contributed by atoms with Crippen molar-refractivity contribution in [1.29, 1.82) is 0 Å². The van der Waals surface area contributed by atoms with Crippen molar-refractivity contribution in [3.05, 3.63) is 0 Å². The van der Waals surface area contributed by atoms with Crippen molar-refractivity contribution in [2.75, 3.05) is 0 Å². The average Bonchev–Trinajstić information content (AvgIpc) is 2.74. The second-order valence-corrected chi connectivity index (χ2v) is 21.9. The molecule has 0 spiro atoms. The summed E-state index contributed by atoms with van der Waals surface area (Å²) in [7, 11) is -2.69. The molecule has 8 heteroatoms. The van der Waals surface area contributed by atoms with Gasteiger partial charge in [0.15, 0.2) is 0 Å². The van der Waals surface area contributed by atoms with Gasteiger partial charge < -0.3 is 17.7 Å². The number of hydrogen-bond acceptors (Lipinski definition) is 4. The fraction of sp³-hybridized carbons (Fsp3) is 1.00. The van der Waals surface area contributed by atoms with Crippen molar-refractivity contribution in [2.45, 2.75) is 123 Å². The summed E-state index contributed by atoms with van der Waals surface area (Å²) in [5.74, 6) is 0. The second kappa shape index (κ2) is 12.4. The summed E-state index contributed by atoms with van der Waals surface area (Å²) in [6.07, 6.45) is -1.40. The first-order chi connectivity index (χ1) is 12.7. The van der Waals surface area contributed by atoms with Gasteiger partial charge in [-0.1, -0.05) is 62.3 Å². The summed E-state index contributed by atoms with van der Waals surface area (Å²) in [6.45, 7) is 20.1. The minimum absolute atomic E-state index is 1.03. The molecule has 0 heterocycles. The van der Waals surface area contributed by atoms with Gasteiger partial charge in [-0.05, 0) is 54.4 Å². The highest BCUT2D eigenvalue weighted by molar-refractivity contribution is 6.75. The molecule has 0 bridgehead atoms. The minimum Gasteiger partial charge on any atom is -0.350 e. The first kappa shape index (κ1) is 27.7. The molecule has 0 aliphatic rings. The maximum atomic E-state index is 6.84. The van der Waals surface area contributed by atoms with Crippen molar-refractivity contribution >= 4 is 35.4 Å². The zero-order chi connectivity index (χ0) is 21.2. The van der Waals surface area contributed by atoms with E-state index in [9.17, 15) is 0 Å². The van der Waals surface area contributed by atoms with E-state index in [1.807, 2.05) is 0 Å². The Morgan fingerprint density at radius 1 is 0.481 bits per heavy atom. The van der Waals surface area contributed by atoms with E-state index in [-0.39, 0.29) is 0 Å². The van der Waals surface area contributed by atoms with Crippen LogP contribution in [0.4, 0.5) is 0 Å². The van der Waals surface area contributed by atoms with Gasteiger partial charge in [-0.2, -0.15) is 0 Å². The maximum Gasteiger partial charge on any atom is 0.373 e. The van der Waals surface area contributed by atoms with E-state index in [0.717, 1.165) is 54.4 Å². The Balaban J connectivity index is 6.23. The third-order valence-electron chi connectivity index (χ3n) is 6.95. The molecule has 0 atom stereocenters. The molecule has 161 valence electrons. The lowest BCUT2D eigenvalue weighted by Gasteiger charge is -2.48. The zero-order valence-corrected chi connectivity index (χ0v) is 23.5. The van der Waals surface area contributed by atoms with Crippen LogP contribution in [-0.4, -0.2) is 41.6 Å². The Morgan fingerprint density at radius 3 is 0.778 bits per heavy atom. The molecule has 0 unspecified atom stereocenters. The van der Waals surface area contributed by atoms with Gasteiger partial charge in [0.2, 0.25) is 25.0 Å². The smallest absolute Gasteiger partial charge is 0.350 e. The third-order valence-corrected chi connectivity index (χ3v) is 20.8. The zero-order valence-electron chi connectivity index (χ0n) is 19.5. The predicted octanol–water partition coefficient (Wildman–Crippen LogP) is 6.76. The van der Waals surface area contributed by atoms with E-state index < -0.39 is 31.1 Å². The second-order valence-electron chi connectivity index (χ2n) is 7.64. The molecule has 0 aromatic carbocycles. The monoisotopic (exact) mass is 449 g/mol. The van der Waals surface area contributed by atoms with Gasteiger partial charge in [0.05, 0.1) is 0 Å². The average molecular weight is 450 g/mol. The van der Waals surface area contributed by atoms with Crippen LogP contribution in [0.2, 0.25) is 54.4 Å². The van der Waals surface area contributed by atoms with Gasteiger partial charge in [0.1, 0.15) is 0 Å². The van der Waals surface area contributed by atoms with Crippen molar-refractivity contribution < 1.29 is 17.7 Å². The fourth-order valence-electron chi connectivity index (χ4n) is 3.82. The Bertz CT molecular complexity index is 317. The van der Waals surface area contributed by atoms with Crippen LogP contribution in [-0.2, 0) is 17.7 Å². The molecule has 0 aliphatic carbocycles. The van der Waals surface area contributed by atoms with Gasteiger partial charge in [0.25, 0.3) is 10.5 Å². The third kappa shape index (κ3) is 6.87. The van der Waals surface area contributed by atoms with E-state index >= 15 is 0 Å². The van der Waals surface area contributed by atoms with Crippen LogP contribution < -0.4 is 0 Å². The molecule has 0 rings (SSSR count). The Labute approximate surface area is 176 Å². The van der Waals surface area contributed by atoms with Crippen LogP contribution in [0.25, 0.3) is 0 Å². The standard InChI is InChI=1S/C19H45O4Si4/c1-10-25(11-2,12-3)21-19(20-24,22-26(13-4,14-5)15-6)23-27(16-7,17-8)18-9/h10-18H2,1-9H3. The highest BCUT2D eigenvalue weighted by atomic mass is 28.4. The summed E-state index contributed by atoms with van der Waals surface area (Å²) in [5, 5.41) is 0. The SMILES string of the molecule is CC[Si](CC)(CC)OC(O[Si])(O[Si](CC)(CC)CC)O[Si](CC)(CC)CC. The normalized spacial score (nSPS) is 14.0. The van der Waals surface area contributed by atoms with Crippen molar-refractivity contribution in [1.82, 2.24) is 0 Å². The van der Waals surface area contributed by atoms with Crippen molar-refractivity contribution in [2.24, 2.45) is 0 Å². The Hall–Kier alpha value is 0.708. The highest BCUT2D eigenvalue weighted by Crippen LogP contribution is 2.39. The molecule has 0 aliphatic heterocycles. The predicted molar refractivity (Wildman–Crippen MR) is 124 cm³/mol. The Morgan fingerprint density at radius 2 is 0.667 bits per heavy atom. The first-order valence-corrected chi connectivity index (χ1v) is 19.2. The van der Waals surface area contributed by atoms with Crippen LogP contribution in [0.5, 0.6) is 0 Å². The molecule has 0 fully saturated rings. The van der Waals surface area contributed by atoms with Crippen LogP contribution in [0.1, 0.15) is 62.3 Å². The summed E-state index contributed by atoms with van der Waals surface area (Å²) < 4.78 is 26.4. The minimum atomic E-state index is -2.01. The van der Waals surface area contributed by atoms with Crippen LogP contribution >= 0.6 is 0 Å². The van der Waals surface area contributed by atoms with E-state index in [0.29, 0.717) is 0 Å². The maximum absolute atomic E-state index is 6.84. The molecule has 0 saturated heterocycles. The van der Waals surface area contributed by atoms with Gasteiger partial charge in [-0.25, -0.2) is 0 Å². The van der Waals surface area contributed by atoms with E-state index in [2.05, 4.69) is 72.8 Å². The van der Waals surface area contributed by atoms with Crippen molar-refractivity contribution in [3.8, 4) is 0 Å². The molecule has 27 heavy (non-hydrogen) atoms. The number of rotatable bonds is 16. The first-order valence-electron chi connectivity index (χ1n) is 11.2. The Kier molecular flexibility index (Phi) is 12.7. The van der Waals surface area contributed by atoms with Gasteiger partial charge in [-0.15, -0.1) is 0 Å². The molecule has 0 aromatic rings. The molecular weight excluding hydrogens is 405 g/mol. The van der Waals surface area contributed by atoms with Crippen LogP contribution in [0.15, 0.2) is 0 Å². The molecular formula is C19H45O4Si4. The summed E-state index contributed by atoms with van der Waals surface area (Å²) in [4.78, 5) is 0. The van der Waals surface area contributed by atoms with Gasteiger partial charge in [-0.3, -0.25) is 0 Å². The lowest BCUT2D eigenvalue weighted by Crippen LogP contribution is -2.61. The van der Waals surface area contributed by atoms with E-state index in [4.69, 9.17) is 17.7 Å². The van der Waals surface area contributed by atoms with Crippen molar-refractivity contribution in [3.63, 3.8) is 0 Å². The summed E-state index contributed by atoms with van der Waals surface area (Å²) in [5.41, 5.74) is 0. The quantitative estimate of drug-likeness (QED) is 0.192. The topological polar surface area (TPSA) is 36.9 Å². The van der Waals surface area contributed by atoms with E-state index in [1.165, 1.54) is 0 Å². The molecule has 0 N–H and O–H groups in total. The van der Waals surface area contributed by atoms with E-state index in [1.54, 1.807) is 0 Å². The lowest BCUT2D eigenvalue weighted by atomic mass is 10.9. The molecule has 0 saturated carbocycles. The largest absolute Gasteiger partial charge is 0.373 e. The summed E-state index contributed by atoms with van der Waals surface area (Å²) in [6, 6.07) is 9.27. The van der Waals surface area contributed by atoms with Gasteiger partial charge >= 0.3 is 6.16 Å². The highest BCUT2D eigenvalue weighted by Gasteiger charge is 2.52. The summed E-state index contributed by atoms with van der Waals surface area (Å²) >= 11 is 0. The number of hydrogen-bond donors (Lipinski definition) is 0.